The monoisotopic (exact) mass is 522 g/mol. The lowest BCUT2D eigenvalue weighted by Gasteiger charge is -2.49. The first-order chi connectivity index (χ1) is 16.8. The van der Waals surface area contributed by atoms with Crippen LogP contribution in [0.2, 0.25) is 0 Å². The van der Waals surface area contributed by atoms with Crippen LogP contribution in [0.25, 0.3) is 0 Å². The number of aliphatic hydroxyl groups excluding tert-OH is 1. The Bertz CT molecular complexity index is 1240. The minimum absolute atomic E-state index is 0.0208. The van der Waals surface area contributed by atoms with E-state index in [4.69, 9.17) is 16.3 Å². The molecule has 14 nitrogen and oxygen atoms in total. The second-order valence-corrected chi connectivity index (χ2v) is 9.49. The molecule has 0 aliphatic carbocycles. The number of carboxylic acids is 1. The summed E-state index contributed by atoms with van der Waals surface area (Å²) in [5.74, 6) is -3.41. The van der Waals surface area contributed by atoms with E-state index in [0.717, 1.165) is 16.2 Å². The summed E-state index contributed by atoms with van der Waals surface area (Å²) in [5, 5.41) is 28.7. The first kappa shape index (κ1) is 24.5. The van der Waals surface area contributed by atoms with Gasteiger partial charge in [-0.15, -0.1) is 32.5 Å². The molecule has 0 aromatic carbocycles. The van der Waals surface area contributed by atoms with Crippen molar-refractivity contribution in [2.24, 2.45) is 11.1 Å². The van der Waals surface area contributed by atoms with Crippen molar-refractivity contribution in [1.29, 1.82) is 0 Å². The number of nitrogens with two attached hydrogens (primary N) is 2. The van der Waals surface area contributed by atoms with Gasteiger partial charge < -0.3 is 36.6 Å². The lowest BCUT2D eigenvalue weighted by Crippen LogP contribution is -2.67. The summed E-state index contributed by atoms with van der Waals surface area (Å²) in [4.78, 5) is 47.8. The van der Waals surface area contributed by atoms with Gasteiger partial charge in [-0.25, -0.2) is 4.98 Å². The SMILES string of the molecule is CO/N=C(\NC(=O)C1C(=O)N2C(C(=O)[O-])=C(C[n+]3ccc(N)n3CCO)CSC12)c1csc(N)n1. The third-order valence-corrected chi connectivity index (χ3v) is 7.42. The van der Waals surface area contributed by atoms with Crippen LogP contribution in [-0.2, 0) is 32.3 Å². The van der Waals surface area contributed by atoms with Gasteiger partial charge in [0.05, 0.1) is 24.3 Å². The van der Waals surface area contributed by atoms with E-state index >= 15 is 0 Å². The Morgan fingerprint density at radius 1 is 1.46 bits per heavy atom. The van der Waals surface area contributed by atoms with E-state index in [2.05, 4.69) is 15.5 Å². The number of β-lactam (4-membered cyclic amide) rings is 1. The molecule has 2 atom stereocenters. The molecule has 4 heterocycles. The maximum absolute atomic E-state index is 13.0. The number of nitrogens with zero attached hydrogens (tertiary/aromatic N) is 5. The summed E-state index contributed by atoms with van der Waals surface area (Å²) in [5.41, 5.74) is 12.0. The molecule has 0 bridgehead atoms. The number of anilines is 2. The topological polar surface area (TPSA) is 205 Å². The van der Waals surface area contributed by atoms with E-state index in [9.17, 15) is 24.6 Å². The van der Waals surface area contributed by atoms with E-state index in [0.29, 0.717) is 11.4 Å². The number of aromatic nitrogens is 3. The summed E-state index contributed by atoms with van der Waals surface area (Å²) < 4.78 is 3.24. The largest absolute Gasteiger partial charge is 0.543 e. The fraction of sp³-hybridized carbons (Fsp3) is 0.368. The molecule has 1 saturated heterocycles. The van der Waals surface area contributed by atoms with Gasteiger partial charge in [0.15, 0.2) is 29.5 Å². The van der Waals surface area contributed by atoms with Gasteiger partial charge in [0.1, 0.15) is 30.6 Å². The molecule has 6 N–H and O–H groups in total. The van der Waals surface area contributed by atoms with Crippen LogP contribution in [0, 0.1) is 5.92 Å². The van der Waals surface area contributed by atoms with E-state index in [-0.39, 0.29) is 47.8 Å². The number of aliphatic carboxylic acids is 1. The van der Waals surface area contributed by atoms with Crippen molar-refractivity contribution in [2.45, 2.75) is 18.5 Å². The number of aliphatic hydroxyl groups is 1. The van der Waals surface area contributed by atoms with Crippen molar-refractivity contribution in [2.75, 3.05) is 30.9 Å². The van der Waals surface area contributed by atoms with Gasteiger partial charge in [0.25, 0.3) is 0 Å². The highest BCUT2D eigenvalue weighted by Crippen LogP contribution is 2.43. The van der Waals surface area contributed by atoms with E-state index in [1.165, 1.54) is 18.9 Å². The zero-order valence-corrected chi connectivity index (χ0v) is 20.0. The van der Waals surface area contributed by atoms with Gasteiger partial charge in [-0.3, -0.25) is 14.5 Å². The Labute approximate surface area is 206 Å². The maximum Gasteiger partial charge on any atom is 0.243 e. The Hall–Kier alpha value is -3.63. The molecule has 0 radical (unpaired) electrons. The zero-order valence-electron chi connectivity index (χ0n) is 18.4. The molecule has 2 aliphatic rings. The average Bonchev–Trinajstić information content (AvgIpc) is 3.39. The predicted molar refractivity (Wildman–Crippen MR) is 123 cm³/mol. The molecule has 2 aliphatic heterocycles. The number of carbonyl (C=O) groups excluding carboxylic acids is 3. The number of nitrogen functional groups attached to an aromatic ring is 2. The molecule has 0 spiro atoms. The van der Waals surface area contributed by atoms with Crippen LogP contribution in [-0.4, -0.2) is 68.1 Å². The van der Waals surface area contributed by atoms with Crippen molar-refractivity contribution >= 4 is 57.7 Å². The highest BCUT2D eigenvalue weighted by atomic mass is 32.2. The van der Waals surface area contributed by atoms with Crippen molar-refractivity contribution < 1.29 is 34.1 Å². The summed E-state index contributed by atoms with van der Waals surface area (Å²) in [6, 6.07) is 1.62. The summed E-state index contributed by atoms with van der Waals surface area (Å²) in [6.07, 6.45) is 1.65. The molecule has 2 unspecified atom stereocenters. The van der Waals surface area contributed by atoms with Crippen LogP contribution in [0.4, 0.5) is 10.9 Å². The van der Waals surface area contributed by atoms with Crippen LogP contribution >= 0.6 is 23.1 Å². The van der Waals surface area contributed by atoms with Gasteiger partial charge >= 0.3 is 0 Å². The third kappa shape index (κ3) is 4.54. The number of rotatable bonds is 8. The van der Waals surface area contributed by atoms with E-state index < -0.39 is 29.1 Å². The number of thioether (sulfide) groups is 1. The van der Waals surface area contributed by atoms with Crippen LogP contribution in [0.15, 0.2) is 34.1 Å². The molecular formula is C19H22N8O6S2. The number of hydrogen-bond donors (Lipinski definition) is 4. The summed E-state index contributed by atoms with van der Waals surface area (Å²) in [6.45, 7) is 0.158. The molecule has 2 aromatic heterocycles. The van der Waals surface area contributed by atoms with Crippen LogP contribution in [0.5, 0.6) is 0 Å². The van der Waals surface area contributed by atoms with Gasteiger partial charge in [0, 0.05) is 16.7 Å². The number of carboxylic acid groups (broad SMARTS) is 1. The zero-order chi connectivity index (χ0) is 25.3. The fourth-order valence-corrected chi connectivity index (χ4v) is 5.82. The number of oxime groups is 1. The number of thiazole rings is 1. The fourth-order valence-electron chi connectivity index (χ4n) is 3.88. The lowest BCUT2D eigenvalue weighted by molar-refractivity contribution is -0.767. The maximum atomic E-state index is 13.0. The van der Waals surface area contributed by atoms with Gasteiger partial charge in [-0.1, -0.05) is 5.16 Å². The van der Waals surface area contributed by atoms with Crippen LogP contribution < -0.4 is 26.6 Å². The molecule has 16 heteroatoms. The molecule has 0 saturated carbocycles. The van der Waals surface area contributed by atoms with Gasteiger partial charge in [0.2, 0.25) is 11.8 Å². The van der Waals surface area contributed by atoms with Crippen LogP contribution in [0.1, 0.15) is 5.69 Å². The summed E-state index contributed by atoms with van der Waals surface area (Å²) >= 11 is 2.39. The first-order valence-electron chi connectivity index (χ1n) is 10.2. The normalized spacial score (nSPS) is 19.9. The van der Waals surface area contributed by atoms with E-state index in [1.807, 2.05) is 0 Å². The Kier molecular flexibility index (Phi) is 6.95. The molecule has 2 amide bonds. The standard InChI is InChI=1S/C19H22N8O6S2/c1-33-24-14(10-8-35-19(21)22-10)23-15(29)12-16(30)27-13(18(31)32)9(7-34-17(12)27)6-25-3-2-11(20)26(25)4-5-28/h2-3,8,12,17,20,28H,4-7H2,1H3,(H4,21,22,23,24,29,31,32). The molecule has 186 valence electrons. The van der Waals surface area contributed by atoms with Crippen LogP contribution in [0.3, 0.4) is 0 Å². The number of hydrogen-bond acceptors (Lipinski definition) is 12. The van der Waals surface area contributed by atoms with Crippen molar-refractivity contribution in [3.63, 3.8) is 0 Å². The van der Waals surface area contributed by atoms with Crippen molar-refractivity contribution in [1.82, 2.24) is 19.9 Å². The minimum atomic E-state index is -1.52. The minimum Gasteiger partial charge on any atom is -0.543 e. The van der Waals surface area contributed by atoms with Gasteiger partial charge in [-0.2, -0.15) is 0 Å². The Morgan fingerprint density at radius 2 is 2.23 bits per heavy atom. The van der Waals surface area contributed by atoms with Crippen molar-refractivity contribution in [3.8, 4) is 0 Å². The smallest absolute Gasteiger partial charge is 0.243 e. The quantitative estimate of drug-likeness (QED) is 0.0692. The second-order valence-electron chi connectivity index (χ2n) is 7.49. The summed E-state index contributed by atoms with van der Waals surface area (Å²) in [7, 11) is 1.29. The molecular weight excluding hydrogens is 500 g/mol. The molecule has 1 fully saturated rings. The highest BCUT2D eigenvalue weighted by Gasteiger charge is 2.56. The molecule has 2 aromatic rings. The van der Waals surface area contributed by atoms with E-state index in [1.54, 1.807) is 27.0 Å². The number of amidine groups is 1. The first-order valence-corrected chi connectivity index (χ1v) is 12.2. The molecule has 4 rings (SSSR count). The number of fused-ring (bicyclic) bond motifs is 1. The highest BCUT2D eigenvalue weighted by molar-refractivity contribution is 8.00. The lowest BCUT2D eigenvalue weighted by atomic mass is 9.94. The number of carbonyl (C=O) groups is 3. The Morgan fingerprint density at radius 3 is 2.86 bits per heavy atom. The predicted octanol–water partition coefficient (Wildman–Crippen LogP) is -2.95. The number of nitrogens with one attached hydrogen (secondary N) is 1. The van der Waals surface area contributed by atoms with Crippen molar-refractivity contribution in [3.05, 3.63) is 34.6 Å². The van der Waals surface area contributed by atoms with Gasteiger partial charge in [-0.05, 0) is 0 Å². The second kappa shape index (κ2) is 9.93. The molecule has 35 heavy (non-hydrogen) atoms. The number of amides is 2. The third-order valence-electron chi connectivity index (χ3n) is 5.40. The Balaban J connectivity index is 1.55. The average molecular weight is 523 g/mol.